The summed E-state index contributed by atoms with van der Waals surface area (Å²) in [4.78, 5) is 16.6. The largest absolute Gasteiger partial charge is 0.354 e. The fourth-order valence-electron chi connectivity index (χ4n) is 2.31. The molecule has 0 saturated heterocycles. The SMILES string of the molecule is Cc1ccc(Nc2cncc(C(=O)Nc3ccc(C)c(Br)c3)c2)cc1. The van der Waals surface area contributed by atoms with Crippen LogP contribution in [0, 0.1) is 13.8 Å². The summed E-state index contributed by atoms with van der Waals surface area (Å²) in [7, 11) is 0. The molecule has 1 amide bonds. The minimum Gasteiger partial charge on any atom is -0.354 e. The quantitative estimate of drug-likeness (QED) is 0.616. The number of halogens is 1. The molecule has 0 saturated carbocycles. The third-order valence-electron chi connectivity index (χ3n) is 3.77. The second-order valence-corrected chi connectivity index (χ2v) is 6.73. The molecule has 2 aromatic carbocycles. The monoisotopic (exact) mass is 395 g/mol. The Kier molecular flexibility index (Phi) is 5.14. The Hall–Kier alpha value is -2.66. The van der Waals surface area contributed by atoms with E-state index in [4.69, 9.17) is 0 Å². The number of nitrogens with zero attached hydrogens (tertiary/aromatic N) is 1. The van der Waals surface area contributed by atoms with Gasteiger partial charge in [0.25, 0.3) is 5.91 Å². The Bertz CT molecular complexity index is 907. The van der Waals surface area contributed by atoms with Crippen LogP contribution in [0.25, 0.3) is 0 Å². The second-order valence-electron chi connectivity index (χ2n) is 5.87. The number of carbonyl (C=O) groups is 1. The van der Waals surface area contributed by atoms with Crippen LogP contribution < -0.4 is 10.6 Å². The van der Waals surface area contributed by atoms with Crippen molar-refractivity contribution in [3.05, 3.63) is 82.1 Å². The molecule has 25 heavy (non-hydrogen) atoms. The van der Waals surface area contributed by atoms with E-state index in [9.17, 15) is 4.79 Å². The Morgan fingerprint density at radius 1 is 0.920 bits per heavy atom. The third-order valence-corrected chi connectivity index (χ3v) is 4.62. The molecular formula is C20H18BrN3O. The molecule has 126 valence electrons. The Balaban J connectivity index is 1.74. The van der Waals surface area contributed by atoms with Crippen LogP contribution in [0.2, 0.25) is 0 Å². The third kappa shape index (κ3) is 4.45. The van der Waals surface area contributed by atoms with Gasteiger partial charge in [0.2, 0.25) is 0 Å². The van der Waals surface area contributed by atoms with Gasteiger partial charge in [-0.2, -0.15) is 0 Å². The number of hydrogen-bond acceptors (Lipinski definition) is 3. The van der Waals surface area contributed by atoms with Gasteiger partial charge in [-0.15, -0.1) is 0 Å². The van der Waals surface area contributed by atoms with Gasteiger partial charge in [-0.1, -0.05) is 39.7 Å². The number of anilines is 3. The summed E-state index contributed by atoms with van der Waals surface area (Å²) in [6, 6.07) is 15.5. The number of pyridine rings is 1. The summed E-state index contributed by atoms with van der Waals surface area (Å²) in [5.74, 6) is -0.198. The first-order valence-corrected chi connectivity index (χ1v) is 8.67. The van der Waals surface area contributed by atoms with Gasteiger partial charge in [0.15, 0.2) is 0 Å². The predicted molar refractivity (Wildman–Crippen MR) is 106 cm³/mol. The highest BCUT2D eigenvalue weighted by Gasteiger charge is 2.08. The molecule has 3 aromatic rings. The summed E-state index contributed by atoms with van der Waals surface area (Å²) in [5, 5.41) is 6.14. The number of carbonyl (C=O) groups excluding carboxylic acids is 1. The number of amides is 1. The highest BCUT2D eigenvalue weighted by molar-refractivity contribution is 9.10. The Morgan fingerprint density at radius 2 is 1.64 bits per heavy atom. The lowest BCUT2D eigenvalue weighted by molar-refractivity contribution is 0.102. The van der Waals surface area contributed by atoms with Crippen LogP contribution in [0.1, 0.15) is 21.5 Å². The molecule has 1 aromatic heterocycles. The van der Waals surface area contributed by atoms with Crippen LogP contribution in [0.15, 0.2) is 65.4 Å². The van der Waals surface area contributed by atoms with Crippen LogP contribution in [-0.4, -0.2) is 10.9 Å². The van der Waals surface area contributed by atoms with Gasteiger partial charge in [0, 0.05) is 22.0 Å². The normalized spacial score (nSPS) is 10.4. The lowest BCUT2D eigenvalue weighted by atomic mass is 10.2. The first-order valence-electron chi connectivity index (χ1n) is 7.87. The molecule has 0 aliphatic heterocycles. The van der Waals surface area contributed by atoms with E-state index in [0.717, 1.165) is 27.1 Å². The van der Waals surface area contributed by atoms with E-state index in [0.29, 0.717) is 5.56 Å². The number of nitrogens with one attached hydrogen (secondary N) is 2. The Labute approximate surface area is 155 Å². The van der Waals surface area contributed by atoms with E-state index < -0.39 is 0 Å². The van der Waals surface area contributed by atoms with Gasteiger partial charge in [-0.25, -0.2) is 0 Å². The lowest BCUT2D eigenvalue weighted by Gasteiger charge is -2.09. The number of hydrogen-bond donors (Lipinski definition) is 2. The Morgan fingerprint density at radius 3 is 2.36 bits per heavy atom. The lowest BCUT2D eigenvalue weighted by Crippen LogP contribution is -2.12. The molecular weight excluding hydrogens is 378 g/mol. The average Bonchev–Trinajstić information content (AvgIpc) is 2.60. The van der Waals surface area contributed by atoms with Crippen molar-refractivity contribution in [1.29, 1.82) is 0 Å². The van der Waals surface area contributed by atoms with Gasteiger partial charge < -0.3 is 10.6 Å². The number of rotatable bonds is 4. The van der Waals surface area contributed by atoms with E-state index in [-0.39, 0.29) is 5.91 Å². The van der Waals surface area contributed by atoms with Crippen molar-refractivity contribution < 1.29 is 4.79 Å². The second kappa shape index (κ2) is 7.49. The van der Waals surface area contributed by atoms with Gasteiger partial charge in [0.05, 0.1) is 17.4 Å². The van der Waals surface area contributed by atoms with Gasteiger partial charge >= 0.3 is 0 Å². The molecule has 0 spiro atoms. The van der Waals surface area contributed by atoms with Gasteiger partial charge in [-0.3, -0.25) is 9.78 Å². The van der Waals surface area contributed by atoms with Crippen molar-refractivity contribution in [2.24, 2.45) is 0 Å². The van der Waals surface area contributed by atoms with Crippen LogP contribution in [0.3, 0.4) is 0 Å². The minimum atomic E-state index is -0.198. The van der Waals surface area contributed by atoms with E-state index in [2.05, 4.69) is 31.5 Å². The molecule has 0 unspecified atom stereocenters. The standard InChI is InChI=1S/C20H18BrN3O/c1-13-3-6-16(7-4-13)23-18-9-15(11-22-12-18)20(25)24-17-8-5-14(2)19(21)10-17/h3-12,23H,1-2H3,(H,24,25). The van der Waals surface area contributed by atoms with Crippen molar-refractivity contribution >= 4 is 38.9 Å². The summed E-state index contributed by atoms with van der Waals surface area (Å²) >= 11 is 3.47. The molecule has 4 nitrogen and oxygen atoms in total. The number of benzene rings is 2. The van der Waals surface area contributed by atoms with Crippen molar-refractivity contribution in [2.45, 2.75) is 13.8 Å². The zero-order chi connectivity index (χ0) is 17.8. The fraction of sp³-hybridized carbons (Fsp3) is 0.100. The fourth-order valence-corrected chi connectivity index (χ4v) is 2.69. The van der Waals surface area contributed by atoms with Gasteiger partial charge in [0.1, 0.15) is 0 Å². The van der Waals surface area contributed by atoms with Crippen LogP contribution in [-0.2, 0) is 0 Å². The highest BCUT2D eigenvalue weighted by atomic mass is 79.9. The molecule has 0 bridgehead atoms. The van der Waals surface area contributed by atoms with Crippen LogP contribution in [0.4, 0.5) is 17.1 Å². The molecule has 0 radical (unpaired) electrons. The molecule has 0 atom stereocenters. The van der Waals surface area contributed by atoms with Crippen LogP contribution >= 0.6 is 15.9 Å². The molecule has 2 N–H and O–H groups in total. The maximum Gasteiger partial charge on any atom is 0.257 e. The van der Waals surface area contributed by atoms with E-state index >= 15 is 0 Å². The number of aryl methyl sites for hydroxylation is 2. The minimum absolute atomic E-state index is 0.198. The molecule has 1 heterocycles. The van der Waals surface area contributed by atoms with Crippen LogP contribution in [0.5, 0.6) is 0 Å². The van der Waals surface area contributed by atoms with Gasteiger partial charge in [-0.05, 0) is 49.7 Å². The van der Waals surface area contributed by atoms with Crippen molar-refractivity contribution in [2.75, 3.05) is 10.6 Å². The zero-order valence-electron chi connectivity index (χ0n) is 14.0. The first kappa shape index (κ1) is 17.2. The zero-order valence-corrected chi connectivity index (χ0v) is 15.6. The van der Waals surface area contributed by atoms with E-state index in [1.54, 1.807) is 18.5 Å². The average molecular weight is 396 g/mol. The van der Waals surface area contributed by atoms with E-state index in [1.807, 2.05) is 56.3 Å². The number of aromatic nitrogens is 1. The maximum atomic E-state index is 12.5. The van der Waals surface area contributed by atoms with Crippen molar-refractivity contribution in [3.8, 4) is 0 Å². The predicted octanol–water partition coefficient (Wildman–Crippen LogP) is 5.46. The summed E-state index contributed by atoms with van der Waals surface area (Å²) in [6.45, 7) is 4.04. The first-order chi connectivity index (χ1) is 12.0. The van der Waals surface area contributed by atoms with Crippen molar-refractivity contribution in [1.82, 2.24) is 4.98 Å². The summed E-state index contributed by atoms with van der Waals surface area (Å²) < 4.78 is 0.957. The molecule has 5 heteroatoms. The molecule has 0 fully saturated rings. The van der Waals surface area contributed by atoms with Crippen molar-refractivity contribution in [3.63, 3.8) is 0 Å². The summed E-state index contributed by atoms with van der Waals surface area (Å²) in [5.41, 5.74) is 5.26. The molecule has 0 aliphatic carbocycles. The maximum absolute atomic E-state index is 12.5. The highest BCUT2D eigenvalue weighted by Crippen LogP contribution is 2.22. The summed E-state index contributed by atoms with van der Waals surface area (Å²) in [6.07, 6.45) is 3.25. The smallest absolute Gasteiger partial charge is 0.257 e. The molecule has 0 aliphatic rings. The molecule has 3 rings (SSSR count). The van der Waals surface area contributed by atoms with E-state index in [1.165, 1.54) is 5.56 Å². The topological polar surface area (TPSA) is 54.0 Å².